The van der Waals surface area contributed by atoms with E-state index in [9.17, 15) is 9.59 Å². The fraction of sp³-hybridized carbons (Fsp3) is 0.680. The second-order valence-corrected chi connectivity index (χ2v) is 7.98. The van der Waals surface area contributed by atoms with Crippen molar-refractivity contribution >= 4 is 11.9 Å². The Morgan fingerprint density at radius 3 is 1.97 bits per heavy atom. The summed E-state index contributed by atoms with van der Waals surface area (Å²) in [6, 6.07) is 8.50. The second-order valence-electron chi connectivity index (χ2n) is 7.98. The molecular weight excluding hydrogens is 364 g/mol. The van der Waals surface area contributed by atoms with Crippen LogP contribution in [0, 0.1) is 5.92 Å². The van der Waals surface area contributed by atoms with Gasteiger partial charge in [0.2, 0.25) is 0 Å². The van der Waals surface area contributed by atoms with E-state index in [1.807, 2.05) is 0 Å². The number of carbonyl (C=O) groups excluding carboxylic acids is 2. The smallest absolute Gasteiger partial charge is 0.247 e. The molecule has 0 saturated heterocycles. The summed E-state index contributed by atoms with van der Waals surface area (Å²) in [5.74, 6) is -0.207. The van der Waals surface area contributed by atoms with Gasteiger partial charge in [0.15, 0.2) is 0 Å². The number of unbranched alkanes of at least 4 members (excludes halogenated alkanes) is 8. The summed E-state index contributed by atoms with van der Waals surface area (Å²) in [7, 11) is 0. The van der Waals surface area contributed by atoms with Gasteiger partial charge in [0.1, 0.15) is 0 Å². The fourth-order valence-corrected chi connectivity index (χ4v) is 3.57. The highest BCUT2D eigenvalue weighted by molar-refractivity contribution is 5.89. The number of rotatable bonds is 16. The van der Waals surface area contributed by atoms with Crippen molar-refractivity contribution in [3.63, 3.8) is 0 Å². The SMILES string of the molecule is CCCCCC(CC)CCCCCCCCCC(=O)OOC(=O)c1ccccc1. The third-order valence-corrected chi connectivity index (χ3v) is 5.51. The first-order chi connectivity index (χ1) is 14.2. The van der Waals surface area contributed by atoms with E-state index in [1.54, 1.807) is 30.3 Å². The van der Waals surface area contributed by atoms with Crippen molar-refractivity contribution in [2.24, 2.45) is 5.92 Å². The molecule has 0 bridgehead atoms. The first-order valence-corrected chi connectivity index (χ1v) is 11.6. The quantitative estimate of drug-likeness (QED) is 0.163. The summed E-state index contributed by atoms with van der Waals surface area (Å²) in [4.78, 5) is 32.5. The second kappa shape index (κ2) is 17.1. The minimum absolute atomic E-state index is 0.290. The normalized spacial score (nSPS) is 11.8. The summed E-state index contributed by atoms with van der Waals surface area (Å²) in [5.41, 5.74) is 0.367. The van der Waals surface area contributed by atoms with E-state index < -0.39 is 11.9 Å². The van der Waals surface area contributed by atoms with Crippen LogP contribution >= 0.6 is 0 Å². The predicted molar refractivity (Wildman–Crippen MR) is 117 cm³/mol. The Kier molecular flexibility index (Phi) is 14.8. The van der Waals surface area contributed by atoms with Gasteiger partial charge in [0.05, 0.1) is 12.0 Å². The Hall–Kier alpha value is -1.84. The molecule has 1 atom stereocenters. The maximum atomic E-state index is 11.7. The lowest BCUT2D eigenvalue weighted by Crippen LogP contribution is -2.11. The molecule has 0 spiro atoms. The van der Waals surface area contributed by atoms with Crippen molar-refractivity contribution in [2.45, 2.75) is 104 Å². The van der Waals surface area contributed by atoms with Gasteiger partial charge < -0.3 is 0 Å². The molecule has 0 radical (unpaired) electrons. The molecule has 0 N–H and O–H groups in total. The van der Waals surface area contributed by atoms with Crippen LogP contribution in [0.4, 0.5) is 0 Å². The first kappa shape index (κ1) is 25.2. The van der Waals surface area contributed by atoms with Crippen LogP contribution in [0.15, 0.2) is 30.3 Å². The van der Waals surface area contributed by atoms with Gasteiger partial charge in [-0.25, -0.2) is 19.4 Å². The summed E-state index contributed by atoms with van der Waals surface area (Å²) >= 11 is 0. The molecule has 4 heteroatoms. The van der Waals surface area contributed by atoms with Crippen LogP contribution in [0.2, 0.25) is 0 Å². The van der Waals surface area contributed by atoms with Crippen LogP contribution in [0.5, 0.6) is 0 Å². The van der Waals surface area contributed by atoms with Crippen LogP contribution < -0.4 is 0 Å². The molecule has 0 aliphatic rings. The minimum atomic E-state index is -0.644. The van der Waals surface area contributed by atoms with E-state index in [2.05, 4.69) is 23.6 Å². The van der Waals surface area contributed by atoms with Crippen molar-refractivity contribution < 1.29 is 19.4 Å². The molecule has 0 heterocycles. The Balaban J connectivity index is 1.93. The van der Waals surface area contributed by atoms with Crippen LogP contribution in [-0.2, 0) is 14.6 Å². The zero-order chi connectivity index (χ0) is 21.2. The van der Waals surface area contributed by atoms with Crippen molar-refractivity contribution in [2.75, 3.05) is 0 Å². The number of hydrogen-bond donors (Lipinski definition) is 0. The van der Waals surface area contributed by atoms with Crippen molar-refractivity contribution in [3.05, 3.63) is 35.9 Å². The lowest BCUT2D eigenvalue weighted by molar-refractivity contribution is -0.234. The summed E-state index contributed by atoms with van der Waals surface area (Å²) in [5, 5.41) is 0. The first-order valence-electron chi connectivity index (χ1n) is 11.6. The van der Waals surface area contributed by atoms with E-state index in [0.717, 1.165) is 25.2 Å². The Bertz CT molecular complexity index is 541. The third-order valence-electron chi connectivity index (χ3n) is 5.51. The van der Waals surface area contributed by atoms with Crippen LogP contribution in [0.3, 0.4) is 0 Å². The van der Waals surface area contributed by atoms with Crippen molar-refractivity contribution in [1.82, 2.24) is 0 Å². The lowest BCUT2D eigenvalue weighted by Gasteiger charge is -2.14. The van der Waals surface area contributed by atoms with E-state index in [1.165, 1.54) is 64.2 Å². The van der Waals surface area contributed by atoms with Gasteiger partial charge in [-0.05, 0) is 24.5 Å². The van der Waals surface area contributed by atoms with Crippen molar-refractivity contribution in [1.29, 1.82) is 0 Å². The molecule has 0 saturated carbocycles. The molecule has 164 valence electrons. The van der Waals surface area contributed by atoms with Gasteiger partial charge in [0, 0.05) is 0 Å². The Morgan fingerprint density at radius 2 is 1.34 bits per heavy atom. The molecular formula is C25H40O4. The highest BCUT2D eigenvalue weighted by Crippen LogP contribution is 2.21. The van der Waals surface area contributed by atoms with E-state index in [0.29, 0.717) is 5.56 Å². The molecule has 1 rings (SSSR count). The molecule has 0 aromatic heterocycles. The number of hydrogen-bond acceptors (Lipinski definition) is 4. The molecule has 1 aromatic carbocycles. The monoisotopic (exact) mass is 404 g/mol. The zero-order valence-corrected chi connectivity index (χ0v) is 18.5. The number of carbonyl (C=O) groups is 2. The average Bonchev–Trinajstić information content (AvgIpc) is 2.75. The van der Waals surface area contributed by atoms with E-state index in [-0.39, 0.29) is 6.42 Å². The summed E-state index contributed by atoms with van der Waals surface area (Å²) in [6.45, 7) is 4.59. The lowest BCUT2D eigenvalue weighted by atomic mass is 9.92. The summed E-state index contributed by atoms with van der Waals surface area (Å²) < 4.78 is 0. The Labute approximate surface area is 177 Å². The van der Waals surface area contributed by atoms with Crippen molar-refractivity contribution in [3.8, 4) is 0 Å². The Morgan fingerprint density at radius 1 is 0.759 bits per heavy atom. The van der Waals surface area contributed by atoms with Gasteiger partial charge in [-0.15, -0.1) is 0 Å². The number of benzene rings is 1. The van der Waals surface area contributed by atoms with Gasteiger partial charge in [-0.3, -0.25) is 0 Å². The third kappa shape index (κ3) is 13.1. The minimum Gasteiger partial charge on any atom is -0.247 e. The highest BCUT2D eigenvalue weighted by Gasteiger charge is 2.11. The average molecular weight is 405 g/mol. The summed E-state index contributed by atoms with van der Waals surface area (Å²) in [6.07, 6.45) is 16.6. The molecule has 0 aliphatic heterocycles. The maximum Gasteiger partial charge on any atom is 0.386 e. The zero-order valence-electron chi connectivity index (χ0n) is 18.5. The maximum absolute atomic E-state index is 11.7. The highest BCUT2D eigenvalue weighted by atomic mass is 17.2. The van der Waals surface area contributed by atoms with Gasteiger partial charge in [0.25, 0.3) is 0 Å². The standard InChI is InChI=1S/C25H40O4/c1-3-5-12-17-22(4-2)18-13-9-7-6-8-10-16-21-24(26)28-29-25(27)23-19-14-11-15-20-23/h11,14-15,19-20,22H,3-10,12-13,16-18,21H2,1-2H3. The van der Waals surface area contributed by atoms with Crippen LogP contribution in [0.1, 0.15) is 114 Å². The molecule has 0 aliphatic carbocycles. The predicted octanol–water partition coefficient (Wildman–Crippen LogP) is 7.42. The van der Waals surface area contributed by atoms with Crippen LogP contribution in [-0.4, -0.2) is 11.9 Å². The van der Waals surface area contributed by atoms with Gasteiger partial charge >= 0.3 is 11.9 Å². The molecule has 1 aromatic rings. The van der Waals surface area contributed by atoms with E-state index in [4.69, 9.17) is 0 Å². The molecule has 29 heavy (non-hydrogen) atoms. The molecule has 1 unspecified atom stereocenters. The fourth-order valence-electron chi connectivity index (χ4n) is 3.57. The molecule has 0 fully saturated rings. The largest absolute Gasteiger partial charge is 0.386 e. The molecule has 4 nitrogen and oxygen atoms in total. The topological polar surface area (TPSA) is 52.6 Å². The van der Waals surface area contributed by atoms with E-state index >= 15 is 0 Å². The molecule has 0 amide bonds. The van der Waals surface area contributed by atoms with Crippen LogP contribution in [0.25, 0.3) is 0 Å². The van der Waals surface area contributed by atoms with Gasteiger partial charge in [-0.1, -0.05) is 109 Å². The van der Waals surface area contributed by atoms with Gasteiger partial charge in [-0.2, -0.15) is 0 Å².